The first-order valence-electron chi connectivity index (χ1n) is 6.09. The van der Waals surface area contributed by atoms with Gasteiger partial charge in [-0.2, -0.15) is 0 Å². The number of carbonyl (C=O) groups is 1. The van der Waals surface area contributed by atoms with Crippen molar-refractivity contribution >= 4 is 11.6 Å². The third-order valence-electron chi connectivity index (χ3n) is 2.88. The van der Waals surface area contributed by atoms with Crippen molar-refractivity contribution < 1.29 is 4.79 Å². The minimum atomic E-state index is -0.170. The Morgan fingerprint density at radius 1 is 1.53 bits per heavy atom. The summed E-state index contributed by atoms with van der Waals surface area (Å²) in [7, 11) is 0. The fourth-order valence-corrected chi connectivity index (χ4v) is 1.71. The van der Waals surface area contributed by atoms with Crippen LogP contribution in [0.4, 0.5) is 5.69 Å². The number of aromatic nitrogens is 4. The van der Waals surface area contributed by atoms with Crippen LogP contribution in [0.5, 0.6) is 0 Å². The maximum absolute atomic E-state index is 11.9. The Kier molecular flexibility index (Phi) is 4.19. The predicted molar refractivity (Wildman–Crippen MR) is 70.6 cm³/mol. The summed E-state index contributed by atoms with van der Waals surface area (Å²) < 4.78 is 1.52. The average molecular weight is 260 g/mol. The van der Waals surface area contributed by atoms with Gasteiger partial charge in [0, 0.05) is 12.2 Å². The number of rotatable bonds is 5. The van der Waals surface area contributed by atoms with Crippen molar-refractivity contribution in [1.29, 1.82) is 0 Å². The van der Waals surface area contributed by atoms with Crippen molar-refractivity contribution in [2.45, 2.75) is 13.3 Å². The topological polar surface area (TPSA) is 98.7 Å². The molecule has 0 aliphatic rings. The Morgan fingerprint density at radius 2 is 2.37 bits per heavy atom. The summed E-state index contributed by atoms with van der Waals surface area (Å²) in [5.41, 5.74) is 7.03. The van der Waals surface area contributed by atoms with Gasteiger partial charge in [0.2, 0.25) is 5.91 Å². The summed E-state index contributed by atoms with van der Waals surface area (Å²) in [5.74, 6) is -0.240. The van der Waals surface area contributed by atoms with Crippen LogP contribution in [0.2, 0.25) is 0 Å². The number of amides is 1. The summed E-state index contributed by atoms with van der Waals surface area (Å²) in [4.78, 5) is 11.9. The number of hydrogen-bond acceptors (Lipinski definition) is 5. The van der Waals surface area contributed by atoms with Crippen LogP contribution in [0.15, 0.2) is 30.6 Å². The van der Waals surface area contributed by atoms with Crippen molar-refractivity contribution in [2.75, 3.05) is 11.9 Å². The standard InChI is InChI=1S/C12H16N6O/c1-2-9(7-13)12(19)15-10-4-3-5-11(6-10)18-8-14-16-17-18/h3-6,8-9H,2,7,13H2,1H3,(H,15,19). The highest BCUT2D eigenvalue weighted by atomic mass is 16.1. The molecule has 7 heteroatoms. The predicted octanol–water partition coefficient (Wildman–Crippen LogP) is 0.586. The first-order chi connectivity index (χ1) is 9.24. The van der Waals surface area contributed by atoms with Crippen LogP contribution in [0.3, 0.4) is 0 Å². The maximum Gasteiger partial charge on any atom is 0.228 e. The van der Waals surface area contributed by atoms with Gasteiger partial charge in [-0.1, -0.05) is 13.0 Å². The number of carbonyl (C=O) groups excluding carboxylic acids is 1. The number of nitrogens with one attached hydrogen (secondary N) is 1. The third kappa shape index (κ3) is 3.14. The quantitative estimate of drug-likeness (QED) is 0.819. The Labute approximate surface area is 110 Å². The van der Waals surface area contributed by atoms with Crippen LogP contribution in [0, 0.1) is 5.92 Å². The van der Waals surface area contributed by atoms with E-state index in [1.807, 2.05) is 25.1 Å². The van der Waals surface area contributed by atoms with Crippen molar-refractivity contribution in [2.24, 2.45) is 11.7 Å². The van der Waals surface area contributed by atoms with Gasteiger partial charge in [0.1, 0.15) is 6.33 Å². The van der Waals surface area contributed by atoms with Crippen molar-refractivity contribution in [3.05, 3.63) is 30.6 Å². The van der Waals surface area contributed by atoms with Crippen LogP contribution in [0.1, 0.15) is 13.3 Å². The van der Waals surface area contributed by atoms with Gasteiger partial charge in [-0.05, 0) is 35.0 Å². The number of hydrogen-bond donors (Lipinski definition) is 2. The Bertz CT molecular complexity index is 535. The molecule has 7 nitrogen and oxygen atoms in total. The second-order valence-electron chi connectivity index (χ2n) is 4.13. The molecule has 0 spiro atoms. The van der Waals surface area contributed by atoms with Gasteiger partial charge < -0.3 is 11.1 Å². The van der Waals surface area contributed by atoms with Crippen molar-refractivity contribution in [3.8, 4) is 5.69 Å². The molecule has 1 aromatic carbocycles. The molecule has 1 amide bonds. The summed E-state index contributed by atoms with van der Waals surface area (Å²) in [6, 6.07) is 7.30. The summed E-state index contributed by atoms with van der Waals surface area (Å²) in [6.45, 7) is 2.28. The second-order valence-corrected chi connectivity index (χ2v) is 4.13. The van der Waals surface area contributed by atoms with Crippen LogP contribution in [-0.4, -0.2) is 32.7 Å². The molecule has 19 heavy (non-hydrogen) atoms. The average Bonchev–Trinajstić information content (AvgIpc) is 2.94. The molecule has 0 fully saturated rings. The molecular formula is C12H16N6O. The molecule has 2 rings (SSSR count). The van der Waals surface area contributed by atoms with E-state index in [1.54, 1.807) is 6.07 Å². The van der Waals surface area contributed by atoms with E-state index < -0.39 is 0 Å². The van der Waals surface area contributed by atoms with Gasteiger partial charge in [-0.3, -0.25) is 4.79 Å². The monoisotopic (exact) mass is 260 g/mol. The molecule has 1 unspecified atom stereocenters. The molecule has 0 saturated heterocycles. The van der Waals surface area contributed by atoms with Gasteiger partial charge >= 0.3 is 0 Å². The third-order valence-corrected chi connectivity index (χ3v) is 2.88. The summed E-state index contributed by atoms with van der Waals surface area (Å²) in [6.07, 6.45) is 2.21. The molecule has 0 bridgehead atoms. The highest BCUT2D eigenvalue weighted by molar-refractivity contribution is 5.92. The van der Waals surface area contributed by atoms with Crippen LogP contribution in [-0.2, 0) is 4.79 Å². The lowest BCUT2D eigenvalue weighted by molar-refractivity contribution is -0.119. The highest BCUT2D eigenvalue weighted by Crippen LogP contribution is 2.14. The normalized spacial score (nSPS) is 12.1. The minimum Gasteiger partial charge on any atom is -0.330 e. The summed E-state index contributed by atoms with van der Waals surface area (Å²) >= 11 is 0. The maximum atomic E-state index is 11.9. The van der Waals surface area contributed by atoms with E-state index in [2.05, 4.69) is 20.8 Å². The van der Waals surface area contributed by atoms with Gasteiger partial charge in [-0.25, -0.2) is 4.68 Å². The fraction of sp³-hybridized carbons (Fsp3) is 0.333. The number of nitrogens with zero attached hydrogens (tertiary/aromatic N) is 4. The highest BCUT2D eigenvalue weighted by Gasteiger charge is 2.14. The van der Waals surface area contributed by atoms with Gasteiger partial charge in [0.05, 0.1) is 11.6 Å². The zero-order valence-electron chi connectivity index (χ0n) is 10.7. The zero-order chi connectivity index (χ0) is 13.7. The van der Waals surface area contributed by atoms with E-state index in [9.17, 15) is 4.79 Å². The van der Waals surface area contributed by atoms with E-state index in [4.69, 9.17) is 5.73 Å². The smallest absolute Gasteiger partial charge is 0.228 e. The lowest BCUT2D eigenvalue weighted by Crippen LogP contribution is -2.28. The molecule has 1 atom stereocenters. The molecule has 100 valence electrons. The second kappa shape index (κ2) is 6.05. The van der Waals surface area contributed by atoms with Gasteiger partial charge in [-0.15, -0.1) is 5.10 Å². The molecular weight excluding hydrogens is 244 g/mol. The zero-order valence-corrected chi connectivity index (χ0v) is 10.7. The molecule has 2 aromatic rings. The Balaban J connectivity index is 2.14. The van der Waals surface area contributed by atoms with Crippen molar-refractivity contribution in [1.82, 2.24) is 20.2 Å². The van der Waals surface area contributed by atoms with E-state index in [1.165, 1.54) is 11.0 Å². The number of nitrogens with two attached hydrogens (primary N) is 1. The van der Waals surface area contributed by atoms with Crippen LogP contribution < -0.4 is 11.1 Å². The van der Waals surface area contributed by atoms with Crippen LogP contribution in [0.25, 0.3) is 5.69 Å². The first-order valence-corrected chi connectivity index (χ1v) is 6.09. The van der Waals surface area contributed by atoms with Crippen LogP contribution >= 0.6 is 0 Å². The Hall–Kier alpha value is -2.28. The fourth-order valence-electron chi connectivity index (χ4n) is 1.71. The lowest BCUT2D eigenvalue weighted by Gasteiger charge is -2.13. The van der Waals surface area contributed by atoms with Gasteiger partial charge in [0.15, 0.2) is 0 Å². The minimum absolute atomic E-state index is 0.0705. The molecule has 0 aliphatic carbocycles. The molecule has 0 radical (unpaired) electrons. The van der Waals surface area contributed by atoms with E-state index in [0.717, 1.165) is 12.1 Å². The number of tetrazole rings is 1. The molecule has 0 aliphatic heterocycles. The molecule has 3 N–H and O–H groups in total. The largest absolute Gasteiger partial charge is 0.330 e. The Morgan fingerprint density at radius 3 is 3.00 bits per heavy atom. The number of anilines is 1. The lowest BCUT2D eigenvalue weighted by atomic mass is 10.1. The van der Waals surface area contributed by atoms with E-state index in [-0.39, 0.29) is 11.8 Å². The molecule has 1 heterocycles. The SMILES string of the molecule is CCC(CN)C(=O)Nc1cccc(-n2cnnn2)c1. The van der Waals surface area contributed by atoms with E-state index in [0.29, 0.717) is 12.2 Å². The molecule has 1 aromatic heterocycles. The molecule has 0 saturated carbocycles. The summed E-state index contributed by atoms with van der Waals surface area (Å²) in [5, 5.41) is 13.8. The van der Waals surface area contributed by atoms with Gasteiger partial charge in [0.25, 0.3) is 0 Å². The van der Waals surface area contributed by atoms with E-state index >= 15 is 0 Å². The first kappa shape index (κ1) is 13.2. The number of benzene rings is 1. The van der Waals surface area contributed by atoms with Crippen molar-refractivity contribution in [3.63, 3.8) is 0 Å².